The Bertz CT molecular complexity index is 652. The molecule has 0 amide bonds. The summed E-state index contributed by atoms with van der Waals surface area (Å²) in [5.41, 5.74) is 8.16. The van der Waals surface area contributed by atoms with Gasteiger partial charge in [-0.25, -0.2) is 0 Å². The molecule has 2 aromatic rings. The lowest BCUT2D eigenvalue weighted by atomic mass is 10.1. The average molecular weight is 245 g/mol. The van der Waals surface area contributed by atoms with Crippen LogP contribution in [0.4, 0.5) is 0 Å². The smallest absolute Gasteiger partial charge is 0.279 e. The molecule has 0 radical (unpaired) electrons. The molecule has 0 unspecified atom stereocenters. The summed E-state index contributed by atoms with van der Waals surface area (Å²) in [6.45, 7) is 4.09. The third kappa shape index (κ3) is 2.12. The van der Waals surface area contributed by atoms with Gasteiger partial charge in [-0.3, -0.25) is 14.7 Å². The Morgan fingerprint density at radius 3 is 2.56 bits per heavy atom. The zero-order valence-corrected chi connectivity index (χ0v) is 10.4. The van der Waals surface area contributed by atoms with Gasteiger partial charge in [0.05, 0.1) is 5.69 Å². The van der Waals surface area contributed by atoms with E-state index in [0.29, 0.717) is 11.3 Å². The predicted octanol–water partition coefficient (Wildman–Crippen LogP) is 0.940. The highest BCUT2D eigenvalue weighted by Gasteiger charge is 2.13. The number of hydrogen-bond donors (Lipinski definition) is 2. The van der Waals surface area contributed by atoms with E-state index in [4.69, 9.17) is 5.73 Å². The van der Waals surface area contributed by atoms with E-state index in [2.05, 4.69) is 5.10 Å². The number of aromatic amines is 1. The first kappa shape index (κ1) is 12.3. The van der Waals surface area contributed by atoms with Crippen molar-refractivity contribution in [3.8, 4) is 0 Å². The average Bonchev–Trinajstić information content (AvgIpc) is 2.73. The van der Waals surface area contributed by atoms with Crippen LogP contribution < -0.4 is 11.3 Å². The largest absolute Gasteiger partial charge is 0.325 e. The van der Waals surface area contributed by atoms with Crippen LogP contribution >= 0.6 is 0 Å². The van der Waals surface area contributed by atoms with E-state index in [9.17, 15) is 9.59 Å². The van der Waals surface area contributed by atoms with Crippen molar-refractivity contribution in [2.24, 2.45) is 5.73 Å². The number of carbonyl (C=O) groups is 1. The van der Waals surface area contributed by atoms with Crippen LogP contribution in [0.5, 0.6) is 0 Å². The van der Waals surface area contributed by atoms with Gasteiger partial charge in [0.25, 0.3) is 11.5 Å². The summed E-state index contributed by atoms with van der Waals surface area (Å²) in [5, 5.41) is 2.69. The van der Waals surface area contributed by atoms with E-state index in [-0.39, 0.29) is 12.5 Å². The molecule has 0 aliphatic rings. The van der Waals surface area contributed by atoms with Gasteiger partial charge in [0.1, 0.15) is 0 Å². The molecule has 18 heavy (non-hydrogen) atoms. The summed E-state index contributed by atoms with van der Waals surface area (Å²) >= 11 is 0. The molecule has 5 heteroatoms. The van der Waals surface area contributed by atoms with Gasteiger partial charge in [-0.2, -0.15) is 4.68 Å². The van der Waals surface area contributed by atoms with Crippen molar-refractivity contribution in [1.82, 2.24) is 9.78 Å². The summed E-state index contributed by atoms with van der Waals surface area (Å²) in [7, 11) is 0. The minimum Gasteiger partial charge on any atom is -0.325 e. The van der Waals surface area contributed by atoms with Crippen molar-refractivity contribution in [2.75, 3.05) is 0 Å². The molecule has 2 rings (SSSR count). The Labute approximate surface area is 104 Å². The van der Waals surface area contributed by atoms with Crippen molar-refractivity contribution in [2.45, 2.75) is 20.4 Å². The van der Waals surface area contributed by atoms with Crippen LogP contribution in [0.15, 0.2) is 29.1 Å². The van der Waals surface area contributed by atoms with Gasteiger partial charge in [-0.1, -0.05) is 6.07 Å². The zero-order chi connectivity index (χ0) is 13.3. The van der Waals surface area contributed by atoms with E-state index in [1.807, 2.05) is 19.9 Å². The van der Waals surface area contributed by atoms with Gasteiger partial charge >= 0.3 is 0 Å². The van der Waals surface area contributed by atoms with Crippen molar-refractivity contribution in [1.29, 1.82) is 0 Å². The maximum absolute atomic E-state index is 12.2. The van der Waals surface area contributed by atoms with Crippen LogP contribution in [0.3, 0.4) is 0 Å². The number of benzene rings is 1. The molecular formula is C13H15N3O2. The topological polar surface area (TPSA) is 80.9 Å². The summed E-state index contributed by atoms with van der Waals surface area (Å²) in [6, 6.07) is 6.67. The molecule has 0 fully saturated rings. The third-order valence-corrected chi connectivity index (χ3v) is 2.95. The number of nitrogens with one attached hydrogen (secondary N) is 1. The maximum atomic E-state index is 12.2. The molecule has 1 aromatic heterocycles. The fraction of sp³-hybridized carbons (Fsp3) is 0.231. The number of carbonyl (C=O) groups excluding carboxylic acids is 1. The van der Waals surface area contributed by atoms with Gasteiger partial charge in [0, 0.05) is 18.2 Å². The molecule has 0 spiro atoms. The molecule has 0 saturated heterocycles. The van der Waals surface area contributed by atoms with Gasteiger partial charge in [0.15, 0.2) is 0 Å². The summed E-state index contributed by atoms with van der Waals surface area (Å²) in [5.74, 6) is -0.372. The molecule has 0 aliphatic heterocycles. The highest BCUT2D eigenvalue weighted by Crippen LogP contribution is 2.10. The summed E-state index contributed by atoms with van der Waals surface area (Å²) in [6.07, 6.45) is 0. The zero-order valence-electron chi connectivity index (χ0n) is 10.4. The number of hydrogen-bond acceptors (Lipinski definition) is 3. The summed E-state index contributed by atoms with van der Waals surface area (Å²) < 4.78 is 0.978. The minimum atomic E-state index is -0.390. The molecule has 1 heterocycles. The highest BCUT2D eigenvalue weighted by molar-refractivity contribution is 5.95. The first-order valence-corrected chi connectivity index (χ1v) is 5.66. The van der Waals surface area contributed by atoms with Crippen LogP contribution in [0, 0.1) is 13.8 Å². The number of nitrogens with zero attached hydrogens (tertiary/aromatic N) is 1. The Morgan fingerprint density at radius 2 is 2.00 bits per heavy atom. The van der Waals surface area contributed by atoms with Gasteiger partial charge in [-0.15, -0.1) is 0 Å². The second-order valence-corrected chi connectivity index (χ2v) is 4.26. The molecule has 0 atom stereocenters. The van der Waals surface area contributed by atoms with Gasteiger partial charge in [0.2, 0.25) is 0 Å². The van der Waals surface area contributed by atoms with E-state index in [1.165, 1.54) is 6.07 Å². The van der Waals surface area contributed by atoms with E-state index in [0.717, 1.165) is 15.8 Å². The van der Waals surface area contributed by atoms with Crippen molar-refractivity contribution < 1.29 is 4.79 Å². The molecule has 94 valence electrons. The molecule has 0 saturated carbocycles. The van der Waals surface area contributed by atoms with Crippen LogP contribution in [-0.4, -0.2) is 15.7 Å². The number of aryl methyl sites for hydroxylation is 2. The fourth-order valence-corrected chi connectivity index (χ4v) is 1.70. The third-order valence-electron chi connectivity index (χ3n) is 2.95. The Morgan fingerprint density at radius 1 is 1.28 bits per heavy atom. The van der Waals surface area contributed by atoms with Crippen LogP contribution in [0.25, 0.3) is 0 Å². The summed E-state index contributed by atoms with van der Waals surface area (Å²) in [4.78, 5) is 23.8. The number of aromatic nitrogens is 2. The second-order valence-electron chi connectivity index (χ2n) is 4.26. The number of nitrogens with two attached hydrogens (primary N) is 1. The van der Waals surface area contributed by atoms with E-state index < -0.39 is 5.56 Å². The Hall–Kier alpha value is -2.14. The molecule has 0 aliphatic carbocycles. The van der Waals surface area contributed by atoms with E-state index in [1.54, 1.807) is 12.1 Å². The monoisotopic (exact) mass is 245 g/mol. The van der Waals surface area contributed by atoms with Gasteiger partial charge < -0.3 is 5.73 Å². The lowest BCUT2D eigenvalue weighted by Gasteiger charge is -2.04. The molecule has 5 nitrogen and oxygen atoms in total. The molecule has 3 N–H and O–H groups in total. The molecular weight excluding hydrogens is 230 g/mol. The maximum Gasteiger partial charge on any atom is 0.279 e. The minimum absolute atomic E-state index is 0.197. The highest BCUT2D eigenvalue weighted by atomic mass is 16.2. The van der Waals surface area contributed by atoms with Crippen LogP contribution in [-0.2, 0) is 6.54 Å². The first-order valence-electron chi connectivity index (χ1n) is 5.66. The quantitative estimate of drug-likeness (QED) is 0.826. The molecule has 0 bridgehead atoms. The second kappa shape index (κ2) is 4.62. The SMILES string of the molecule is Cc1ccc(C(=O)n2[nH]c(CN)cc2=O)cc1C. The lowest BCUT2D eigenvalue weighted by Crippen LogP contribution is -2.24. The molecule has 1 aromatic carbocycles. The first-order chi connectivity index (χ1) is 8.52. The number of H-pyrrole nitrogens is 1. The van der Waals surface area contributed by atoms with E-state index >= 15 is 0 Å². The lowest BCUT2D eigenvalue weighted by molar-refractivity contribution is 0.0941. The van der Waals surface area contributed by atoms with Crippen molar-refractivity contribution >= 4 is 5.91 Å². The standard InChI is InChI=1S/C13H15N3O2/c1-8-3-4-10(5-9(8)2)13(18)16-12(17)6-11(7-14)15-16/h3-6,15H,7,14H2,1-2H3. The van der Waals surface area contributed by atoms with Crippen molar-refractivity contribution in [3.05, 3.63) is 57.0 Å². The van der Waals surface area contributed by atoms with Crippen LogP contribution in [0.1, 0.15) is 27.2 Å². The normalized spacial score (nSPS) is 10.6. The Kier molecular flexibility index (Phi) is 3.16. The fourth-order valence-electron chi connectivity index (χ4n) is 1.70. The number of rotatable bonds is 2. The van der Waals surface area contributed by atoms with Crippen molar-refractivity contribution in [3.63, 3.8) is 0 Å². The van der Waals surface area contributed by atoms with Gasteiger partial charge in [-0.05, 0) is 37.1 Å². The van der Waals surface area contributed by atoms with Crippen LogP contribution in [0.2, 0.25) is 0 Å². The predicted molar refractivity (Wildman–Crippen MR) is 68.6 cm³/mol. The Balaban J connectivity index is 2.44.